The fraction of sp³-hybridized carbons (Fsp3) is 0.167. The van der Waals surface area contributed by atoms with Crippen LogP contribution in [0.4, 0.5) is 10.8 Å². The van der Waals surface area contributed by atoms with Gasteiger partial charge in [-0.2, -0.15) is 0 Å². The summed E-state index contributed by atoms with van der Waals surface area (Å²) in [5, 5.41) is 6.89. The molecule has 0 aliphatic heterocycles. The number of rotatable bonds is 4. The van der Waals surface area contributed by atoms with E-state index in [1.807, 2.05) is 0 Å². The molecule has 0 fully saturated rings. The third kappa shape index (κ3) is 3.23. The molecule has 0 aliphatic carbocycles. The second-order valence-corrected chi connectivity index (χ2v) is 6.94. The molecule has 112 valence electrons. The van der Waals surface area contributed by atoms with E-state index in [-0.39, 0.29) is 0 Å². The highest BCUT2D eigenvalue weighted by molar-refractivity contribution is 9.10. The van der Waals surface area contributed by atoms with Crippen molar-refractivity contribution in [3.8, 4) is 11.3 Å². The van der Waals surface area contributed by atoms with Crippen molar-refractivity contribution in [2.75, 3.05) is 5.32 Å². The average Bonchev–Trinajstić information content (AvgIpc) is 2.93. The molecule has 3 aromatic rings. The minimum atomic E-state index is 0.934. The van der Waals surface area contributed by atoms with E-state index in [4.69, 9.17) is 0 Å². The summed E-state index contributed by atoms with van der Waals surface area (Å²) in [6.45, 7) is 5.21. The highest BCUT2D eigenvalue weighted by Crippen LogP contribution is 2.26. The Hall–Kier alpha value is -1.65. The molecule has 1 N–H and O–H groups in total. The minimum Gasteiger partial charge on any atom is -0.231 e. The Morgan fingerprint density at radius 3 is 2.36 bits per heavy atom. The Morgan fingerprint density at radius 1 is 1.05 bits per heavy atom. The summed E-state index contributed by atoms with van der Waals surface area (Å²) in [7, 11) is 0. The molecule has 0 aliphatic rings. The van der Waals surface area contributed by atoms with Crippen LogP contribution in [0.1, 0.15) is 12.5 Å². The summed E-state index contributed by atoms with van der Waals surface area (Å²) in [6, 6.07) is 17.0. The molecule has 22 heavy (non-hydrogen) atoms. The predicted octanol–water partition coefficient (Wildman–Crippen LogP) is 5.54. The zero-order valence-electron chi connectivity index (χ0n) is 12.6. The van der Waals surface area contributed by atoms with Crippen molar-refractivity contribution < 1.29 is 4.57 Å². The maximum atomic E-state index is 3.52. The standard InChI is InChI=1S/C18H17BrN2S/c1-3-21-17(14-6-8-15(19)9-7-14)12-22-18(21)20-16-10-4-13(2)5-11-16/h4-12H,3H2,1-2H3/p+1. The number of nitrogens with zero attached hydrogens (tertiary/aromatic N) is 1. The summed E-state index contributed by atoms with van der Waals surface area (Å²) >= 11 is 5.23. The van der Waals surface area contributed by atoms with Crippen LogP contribution in [0, 0.1) is 6.92 Å². The molecular formula is C18H18BrN2S+. The molecule has 0 saturated carbocycles. The topological polar surface area (TPSA) is 15.9 Å². The van der Waals surface area contributed by atoms with Gasteiger partial charge in [0.2, 0.25) is 0 Å². The lowest BCUT2D eigenvalue weighted by molar-refractivity contribution is -0.664. The number of anilines is 2. The first-order valence-electron chi connectivity index (χ1n) is 7.28. The zero-order chi connectivity index (χ0) is 15.5. The molecule has 4 heteroatoms. The smallest absolute Gasteiger partial charge is 0.231 e. The number of benzene rings is 2. The number of halogens is 1. The second kappa shape index (κ2) is 6.63. The Labute approximate surface area is 143 Å². The molecule has 2 aromatic carbocycles. The second-order valence-electron chi connectivity index (χ2n) is 5.17. The Balaban J connectivity index is 1.93. The van der Waals surface area contributed by atoms with Crippen LogP contribution >= 0.6 is 27.3 Å². The van der Waals surface area contributed by atoms with Gasteiger partial charge in [0.1, 0.15) is 11.4 Å². The summed E-state index contributed by atoms with van der Waals surface area (Å²) in [5.74, 6) is 0. The number of aromatic nitrogens is 1. The normalized spacial score (nSPS) is 10.7. The van der Waals surface area contributed by atoms with Gasteiger partial charge in [-0.05, 0) is 50.2 Å². The van der Waals surface area contributed by atoms with Crippen LogP contribution in [-0.2, 0) is 6.54 Å². The number of aryl methyl sites for hydroxylation is 1. The van der Waals surface area contributed by atoms with Crippen molar-refractivity contribution in [3.63, 3.8) is 0 Å². The van der Waals surface area contributed by atoms with E-state index in [0.29, 0.717) is 0 Å². The molecule has 0 amide bonds. The lowest BCUT2D eigenvalue weighted by atomic mass is 10.2. The van der Waals surface area contributed by atoms with Gasteiger partial charge in [0, 0.05) is 15.4 Å². The van der Waals surface area contributed by atoms with Gasteiger partial charge < -0.3 is 0 Å². The molecule has 1 heterocycles. The Bertz CT molecular complexity index is 761. The van der Waals surface area contributed by atoms with Gasteiger partial charge >= 0.3 is 5.13 Å². The summed E-state index contributed by atoms with van der Waals surface area (Å²) in [5.41, 5.74) is 4.88. The van der Waals surface area contributed by atoms with Gasteiger partial charge in [-0.1, -0.05) is 45.0 Å². The summed E-state index contributed by atoms with van der Waals surface area (Å²) in [4.78, 5) is 0. The maximum absolute atomic E-state index is 3.52. The molecule has 1 aromatic heterocycles. The largest absolute Gasteiger partial charge is 0.339 e. The average molecular weight is 374 g/mol. The third-order valence-electron chi connectivity index (χ3n) is 3.58. The van der Waals surface area contributed by atoms with E-state index < -0.39 is 0 Å². The fourth-order valence-electron chi connectivity index (χ4n) is 2.36. The summed E-state index contributed by atoms with van der Waals surface area (Å²) < 4.78 is 3.42. The van der Waals surface area contributed by atoms with E-state index >= 15 is 0 Å². The van der Waals surface area contributed by atoms with Crippen molar-refractivity contribution in [1.29, 1.82) is 0 Å². The van der Waals surface area contributed by atoms with Crippen molar-refractivity contribution >= 4 is 38.1 Å². The van der Waals surface area contributed by atoms with Crippen LogP contribution in [0.15, 0.2) is 58.4 Å². The third-order valence-corrected chi connectivity index (χ3v) is 4.99. The van der Waals surface area contributed by atoms with Gasteiger partial charge in [0.25, 0.3) is 0 Å². The van der Waals surface area contributed by atoms with Crippen LogP contribution in [0.3, 0.4) is 0 Å². The van der Waals surface area contributed by atoms with Gasteiger partial charge in [-0.15, -0.1) is 0 Å². The van der Waals surface area contributed by atoms with Crippen LogP contribution < -0.4 is 9.88 Å². The highest BCUT2D eigenvalue weighted by Gasteiger charge is 2.18. The number of hydrogen-bond donors (Lipinski definition) is 1. The molecule has 0 saturated heterocycles. The lowest BCUT2D eigenvalue weighted by Gasteiger charge is -2.04. The van der Waals surface area contributed by atoms with E-state index in [9.17, 15) is 0 Å². The van der Waals surface area contributed by atoms with Crippen LogP contribution in [0.5, 0.6) is 0 Å². The van der Waals surface area contributed by atoms with Gasteiger partial charge in [0.05, 0.1) is 6.54 Å². The Kier molecular flexibility index (Phi) is 4.60. The van der Waals surface area contributed by atoms with Crippen molar-refractivity contribution in [3.05, 3.63) is 63.9 Å². The molecule has 0 unspecified atom stereocenters. The maximum Gasteiger partial charge on any atom is 0.339 e. The first-order valence-corrected chi connectivity index (χ1v) is 8.95. The SMILES string of the molecule is CC[n+]1c(-c2ccc(Br)cc2)csc1Nc1ccc(C)cc1. The monoisotopic (exact) mass is 373 g/mol. The molecule has 0 atom stereocenters. The molecule has 0 bridgehead atoms. The Morgan fingerprint density at radius 2 is 1.73 bits per heavy atom. The van der Waals surface area contributed by atoms with Crippen molar-refractivity contribution in [2.24, 2.45) is 0 Å². The molecule has 0 spiro atoms. The zero-order valence-corrected chi connectivity index (χ0v) is 15.0. The fourth-order valence-corrected chi connectivity index (χ4v) is 3.65. The van der Waals surface area contributed by atoms with E-state index in [1.165, 1.54) is 16.8 Å². The van der Waals surface area contributed by atoms with Gasteiger partial charge in [-0.25, -0.2) is 9.88 Å². The van der Waals surface area contributed by atoms with E-state index in [1.54, 1.807) is 11.3 Å². The number of hydrogen-bond acceptors (Lipinski definition) is 2. The molecule has 2 nitrogen and oxygen atoms in total. The minimum absolute atomic E-state index is 0.934. The molecule has 3 rings (SSSR count). The van der Waals surface area contributed by atoms with Crippen molar-refractivity contribution in [2.45, 2.75) is 20.4 Å². The number of nitrogens with one attached hydrogen (secondary N) is 1. The van der Waals surface area contributed by atoms with Crippen LogP contribution in [0.2, 0.25) is 0 Å². The lowest BCUT2D eigenvalue weighted by Crippen LogP contribution is -2.34. The predicted molar refractivity (Wildman–Crippen MR) is 97.8 cm³/mol. The molecular weight excluding hydrogens is 356 g/mol. The van der Waals surface area contributed by atoms with Gasteiger partial charge in [0.15, 0.2) is 0 Å². The van der Waals surface area contributed by atoms with E-state index in [0.717, 1.165) is 21.8 Å². The van der Waals surface area contributed by atoms with Gasteiger partial charge in [-0.3, -0.25) is 0 Å². The first-order chi connectivity index (χ1) is 10.7. The van der Waals surface area contributed by atoms with Crippen LogP contribution in [0.25, 0.3) is 11.3 Å². The van der Waals surface area contributed by atoms with E-state index in [2.05, 4.69) is 93.6 Å². The number of thiazole rings is 1. The van der Waals surface area contributed by atoms with Crippen molar-refractivity contribution in [1.82, 2.24) is 0 Å². The molecule has 0 radical (unpaired) electrons. The first kappa shape index (κ1) is 15.3. The summed E-state index contributed by atoms with van der Waals surface area (Å²) in [6.07, 6.45) is 0. The highest BCUT2D eigenvalue weighted by atomic mass is 79.9. The van der Waals surface area contributed by atoms with Crippen LogP contribution in [-0.4, -0.2) is 0 Å². The quantitative estimate of drug-likeness (QED) is 0.593.